The van der Waals surface area contributed by atoms with Gasteiger partial charge >= 0.3 is 0 Å². The maximum Gasteiger partial charge on any atom is 0.241 e. The van der Waals surface area contributed by atoms with Crippen LogP contribution in [0.1, 0.15) is 59.2 Å². The van der Waals surface area contributed by atoms with E-state index in [1.54, 1.807) is 6.92 Å². The molecule has 1 aromatic rings. The molecule has 1 rings (SSSR count). The molecule has 0 bridgehead atoms. The number of aromatic nitrogens is 4. The molecule has 1 aromatic heterocycles. The topological polar surface area (TPSA) is 92.9 Å². The minimum atomic E-state index is -0.887. The van der Waals surface area contributed by atoms with Crippen LogP contribution in [-0.4, -0.2) is 43.4 Å². The van der Waals surface area contributed by atoms with Crippen molar-refractivity contribution in [3.05, 3.63) is 5.82 Å². The quantitative estimate of drug-likeness (QED) is 0.749. The summed E-state index contributed by atoms with van der Waals surface area (Å²) in [5.41, 5.74) is -0.887. The van der Waals surface area contributed by atoms with Gasteiger partial charge in [0.05, 0.1) is 5.60 Å². The Morgan fingerprint density at radius 3 is 2.62 bits per heavy atom. The lowest BCUT2D eigenvalue weighted by Crippen LogP contribution is -2.42. The van der Waals surface area contributed by atoms with E-state index in [1.165, 1.54) is 4.68 Å². The Labute approximate surface area is 126 Å². The second-order valence-corrected chi connectivity index (χ2v) is 6.56. The summed E-state index contributed by atoms with van der Waals surface area (Å²) in [5.74, 6) is 1.16. The molecule has 7 heteroatoms. The van der Waals surface area contributed by atoms with E-state index in [2.05, 4.69) is 34.7 Å². The lowest BCUT2D eigenvalue weighted by molar-refractivity contribution is -0.123. The largest absolute Gasteiger partial charge is 0.388 e. The number of nitrogens with one attached hydrogen (secondary N) is 1. The third-order valence-corrected chi connectivity index (χ3v) is 3.30. The summed E-state index contributed by atoms with van der Waals surface area (Å²) in [6, 6.07) is 0. The second kappa shape index (κ2) is 7.49. The van der Waals surface area contributed by atoms with Crippen LogP contribution in [0, 0.1) is 5.92 Å². The van der Waals surface area contributed by atoms with Crippen molar-refractivity contribution in [1.29, 1.82) is 0 Å². The van der Waals surface area contributed by atoms with E-state index in [9.17, 15) is 9.90 Å². The Hall–Kier alpha value is -1.50. The average molecular weight is 297 g/mol. The van der Waals surface area contributed by atoms with Crippen LogP contribution in [0.15, 0.2) is 0 Å². The van der Waals surface area contributed by atoms with Gasteiger partial charge in [-0.3, -0.25) is 4.79 Å². The maximum absolute atomic E-state index is 11.9. The minimum absolute atomic E-state index is 0.0702. The van der Waals surface area contributed by atoms with Crippen LogP contribution in [0.2, 0.25) is 0 Å². The summed E-state index contributed by atoms with van der Waals surface area (Å²) in [6.07, 6.45) is 1.58. The highest BCUT2D eigenvalue weighted by molar-refractivity contribution is 5.75. The van der Waals surface area contributed by atoms with E-state index in [0.717, 1.165) is 6.42 Å². The molecule has 0 aliphatic carbocycles. The molecular weight excluding hydrogens is 270 g/mol. The van der Waals surface area contributed by atoms with Gasteiger partial charge < -0.3 is 10.4 Å². The van der Waals surface area contributed by atoms with E-state index in [1.807, 2.05) is 13.8 Å². The van der Waals surface area contributed by atoms with Crippen molar-refractivity contribution in [3.8, 4) is 0 Å². The van der Waals surface area contributed by atoms with Crippen molar-refractivity contribution in [2.24, 2.45) is 5.92 Å². The summed E-state index contributed by atoms with van der Waals surface area (Å²) >= 11 is 0. The molecule has 0 saturated heterocycles. The monoisotopic (exact) mass is 297 g/mol. The van der Waals surface area contributed by atoms with Crippen molar-refractivity contribution < 1.29 is 9.90 Å². The SMILES string of the molecule is CC(C)CCC(C)(O)CNC(=O)Cn1nnnc1C(C)C. The Bertz CT molecular complexity index is 454. The van der Waals surface area contributed by atoms with Gasteiger partial charge in [0.15, 0.2) is 5.82 Å². The number of rotatable bonds is 8. The number of hydrogen-bond donors (Lipinski definition) is 2. The van der Waals surface area contributed by atoms with Gasteiger partial charge in [0.2, 0.25) is 5.91 Å². The van der Waals surface area contributed by atoms with Gasteiger partial charge in [-0.05, 0) is 36.1 Å². The van der Waals surface area contributed by atoms with Gasteiger partial charge in [0, 0.05) is 12.5 Å². The zero-order valence-electron chi connectivity index (χ0n) is 13.6. The first-order chi connectivity index (χ1) is 9.71. The molecule has 0 aliphatic heterocycles. The molecule has 2 N–H and O–H groups in total. The van der Waals surface area contributed by atoms with Crippen LogP contribution in [0.25, 0.3) is 0 Å². The lowest BCUT2D eigenvalue weighted by atomic mass is 9.95. The van der Waals surface area contributed by atoms with Crippen LogP contribution in [0.5, 0.6) is 0 Å². The fourth-order valence-corrected chi connectivity index (χ4v) is 1.91. The molecule has 1 amide bonds. The number of nitrogens with zero attached hydrogens (tertiary/aromatic N) is 4. The minimum Gasteiger partial charge on any atom is -0.388 e. The number of aliphatic hydroxyl groups is 1. The van der Waals surface area contributed by atoms with Gasteiger partial charge in [0.25, 0.3) is 0 Å². The molecule has 1 heterocycles. The predicted octanol–water partition coefficient (Wildman–Crippen LogP) is 1.10. The van der Waals surface area contributed by atoms with Crippen molar-refractivity contribution >= 4 is 5.91 Å². The predicted molar refractivity (Wildman–Crippen MR) is 79.6 cm³/mol. The van der Waals surface area contributed by atoms with Crippen molar-refractivity contribution in [2.75, 3.05) is 6.54 Å². The Kier molecular flexibility index (Phi) is 6.26. The first kappa shape index (κ1) is 17.6. The van der Waals surface area contributed by atoms with Crippen molar-refractivity contribution in [1.82, 2.24) is 25.5 Å². The van der Waals surface area contributed by atoms with Gasteiger partial charge in [-0.15, -0.1) is 5.10 Å². The van der Waals surface area contributed by atoms with E-state index >= 15 is 0 Å². The molecule has 0 saturated carbocycles. The second-order valence-electron chi connectivity index (χ2n) is 6.56. The van der Waals surface area contributed by atoms with Crippen LogP contribution < -0.4 is 5.32 Å². The fraction of sp³-hybridized carbons (Fsp3) is 0.857. The number of carbonyl (C=O) groups is 1. The first-order valence-corrected chi connectivity index (χ1v) is 7.46. The molecule has 0 spiro atoms. The number of hydrogen-bond acceptors (Lipinski definition) is 5. The summed E-state index contributed by atoms with van der Waals surface area (Å²) in [4.78, 5) is 11.9. The maximum atomic E-state index is 11.9. The summed E-state index contributed by atoms with van der Waals surface area (Å²) in [5, 5.41) is 24.3. The molecule has 120 valence electrons. The Balaban J connectivity index is 2.45. The van der Waals surface area contributed by atoms with E-state index in [4.69, 9.17) is 0 Å². The van der Waals surface area contributed by atoms with Crippen LogP contribution in [0.3, 0.4) is 0 Å². The third kappa shape index (κ3) is 6.20. The summed E-state index contributed by atoms with van der Waals surface area (Å²) in [6.45, 7) is 10.2. The van der Waals surface area contributed by atoms with Gasteiger partial charge in [-0.25, -0.2) is 4.68 Å². The van der Waals surface area contributed by atoms with Crippen LogP contribution in [0.4, 0.5) is 0 Å². The number of amides is 1. The highest BCUT2D eigenvalue weighted by atomic mass is 16.3. The summed E-state index contributed by atoms with van der Waals surface area (Å²) < 4.78 is 1.49. The van der Waals surface area contributed by atoms with E-state index in [-0.39, 0.29) is 24.9 Å². The normalized spacial score (nSPS) is 14.5. The third-order valence-electron chi connectivity index (χ3n) is 3.30. The Morgan fingerprint density at radius 1 is 1.38 bits per heavy atom. The van der Waals surface area contributed by atoms with Crippen LogP contribution in [-0.2, 0) is 11.3 Å². The summed E-state index contributed by atoms with van der Waals surface area (Å²) in [7, 11) is 0. The molecule has 1 unspecified atom stereocenters. The highest BCUT2D eigenvalue weighted by Gasteiger charge is 2.22. The Morgan fingerprint density at radius 2 is 2.05 bits per heavy atom. The number of carbonyl (C=O) groups excluding carboxylic acids is 1. The smallest absolute Gasteiger partial charge is 0.241 e. The average Bonchev–Trinajstić information content (AvgIpc) is 2.82. The number of tetrazole rings is 1. The molecular formula is C14H27N5O2. The van der Waals surface area contributed by atoms with E-state index in [0.29, 0.717) is 18.2 Å². The van der Waals surface area contributed by atoms with Crippen LogP contribution >= 0.6 is 0 Å². The molecule has 0 aliphatic rings. The van der Waals surface area contributed by atoms with E-state index < -0.39 is 5.60 Å². The van der Waals surface area contributed by atoms with Crippen molar-refractivity contribution in [2.45, 2.75) is 65.5 Å². The van der Waals surface area contributed by atoms with Gasteiger partial charge in [-0.1, -0.05) is 27.7 Å². The zero-order valence-corrected chi connectivity index (χ0v) is 13.6. The van der Waals surface area contributed by atoms with Gasteiger partial charge in [0.1, 0.15) is 6.54 Å². The molecule has 0 radical (unpaired) electrons. The molecule has 7 nitrogen and oxygen atoms in total. The molecule has 21 heavy (non-hydrogen) atoms. The molecule has 1 atom stereocenters. The zero-order chi connectivity index (χ0) is 16.0. The standard InChI is InChI=1S/C14H27N5O2/c1-10(2)6-7-14(5,21)9-15-12(20)8-19-13(11(3)4)16-17-18-19/h10-11,21H,6-9H2,1-5H3,(H,15,20). The fourth-order valence-electron chi connectivity index (χ4n) is 1.91. The lowest BCUT2D eigenvalue weighted by Gasteiger charge is -2.24. The molecule has 0 aromatic carbocycles. The van der Waals surface area contributed by atoms with Gasteiger partial charge in [-0.2, -0.15) is 0 Å². The molecule has 0 fully saturated rings. The first-order valence-electron chi connectivity index (χ1n) is 7.46. The highest BCUT2D eigenvalue weighted by Crippen LogP contribution is 2.15. The van der Waals surface area contributed by atoms with Crippen molar-refractivity contribution in [3.63, 3.8) is 0 Å².